The lowest BCUT2D eigenvalue weighted by Crippen LogP contribution is -2.35. The van der Waals surface area contributed by atoms with Gasteiger partial charge in [-0.15, -0.1) is 11.8 Å². The van der Waals surface area contributed by atoms with E-state index in [2.05, 4.69) is 4.99 Å². The number of anilines is 1. The van der Waals surface area contributed by atoms with Crippen LogP contribution in [-0.2, 0) is 16.2 Å². The molecule has 2 heterocycles. The third kappa shape index (κ3) is 2.18. The van der Waals surface area contributed by atoms with Gasteiger partial charge in [0.15, 0.2) is 0 Å². The number of hydrogen-bond donors (Lipinski definition) is 0. The SMILES string of the molecule is CC1=NC2(SC1)C(=O)N(Cc1ccccc1)c1ccc(F)cc12. The van der Waals surface area contributed by atoms with Crippen LogP contribution in [0.5, 0.6) is 0 Å². The maximum Gasteiger partial charge on any atom is 0.270 e. The van der Waals surface area contributed by atoms with E-state index in [1.54, 1.807) is 11.0 Å². The van der Waals surface area contributed by atoms with E-state index in [0.29, 0.717) is 17.9 Å². The molecule has 1 atom stereocenters. The Labute approximate surface area is 138 Å². The summed E-state index contributed by atoms with van der Waals surface area (Å²) in [5.74, 6) is 0.280. The van der Waals surface area contributed by atoms with E-state index in [1.807, 2.05) is 37.3 Å². The highest BCUT2D eigenvalue weighted by atomic mass is 32.2. The third-order valence-electron chi connectivity index (χ3n) is 4.17. The Balaban J connectivity index is 1.82. The van der Waals surface area contributed by atoms with Crippen molar-refractivity contribution in [2.75, 3.05) is 10.7 Å². The average molecular weight is 326 g/mol. The summed E-state index contributed by atoms with van der Waals surface area (Å²) in [6.45, 7) is 2.38. The summed E-state index contributed by atoms with van der Waals surface area (Å²) in [5, 5.41) is 0. The molecule has 2 aliphatic rings. The van der Waals surface area contributed by atoms with E-state index in [4.69, 9.17) is 0 Å². The zero-order valence-corrected chi connectivity index (χ0v) is 13.4. The van der Waals surface area contributed by atoms with Gasteiger partial charge in [0.2, 0.25) is 4.87 Å². The zero-order valence-electron chi connectivity index (χ0n) is 12.6. The molecule has 0 bridgehead atoms. The number of nitrogens with zero attached hydrogens (tertiary/aromatic N) is 2. The van der Waals surface area contributed by atoms with Crippen LogP contribution in [0.4, 0.5) is 10.1 Å². The van der Waals surface area contributed by atoms with Gasteiger partial charge in [-0.3, -0.25) is 9.79 Å². The quantitative estimate of drug-likeness (QED) is 0.842. The molecule has 0 aromatic heterocycles. The topological polar surface area (TPSA) is 32.7 Å². The summed E-state index contributed by atoms with van der Waals surface area (Å²) in [4.78, 5) is 18.4. The van der Waals surface area contributed by atoms with Gasteiger partial charge in [0.1, 0.15) is 5.82 Å². The highest BCUT2D eigenvalue weighted by Crippen LogP contribution is 2.53. The highest BCUT2D eigenvalue weighted by molar-refractivity contribution is 8.02. The van der Waals surface area contributed by atoms with Crippen LogP contribution in [0.1, 0.15) is 18.1 Å². The van der Waals surface area contributed by atoms with Crippen LogP contribution in [-0.4, -0.2) is 17.4 Å². The fourth-order valence-corrected chi connectivity index (χ4v) is 4.39. The first-order chi connectivity index (χ1) is 11.1. The van der Waals surface area contributed by atoms with Crippen molar-refractivity contribution >= 4 is 29.1 Å². The minimum Gasteiger partial charge on any atom is -0.304 e. The number of halogens is 1. The standard InChI is InChI=1S/C18H15FN2OS/c1-12-11-23-18(20-12)15-9-14(19)7-8-16(15)21(17(18)22)10-13-5-3-2-4-6-13/h2-9H,10-11H2,1H3. The van der Waals surface area contributed by atoms with Crippen LogP contribution >= 0.6 is 11.8 Å². The van der Waals surface area contributed by atoms with E-state index in [-0.39, 0.29) is 11.7 Å². The van der Waals surface area contributed by atoms with Crippen LogP contribution in [0.3, 0.4) is 0 Å². The van der Waals surface area contributed by atoms with Gasteiger partial charge < -0.3 is 4.90 Å². The maximum absolute atomic E-state index is 13.8. The van der Waals surface area contributed by atoms with E-state index in [9.17, 15) is 9.18 Å². The molecule has 0 fully saturated rings. The van der Waals surface area contributed by atoms with Crippen molar-refractivity contribution in [1.82, 2.24) is 0 Å². The molecule has 116 valence electrons. The second kappa shape index (κ2) is 5.20. The van der Waals surface area contributed by atoms with Gasteiger partial charge in [-0.1, -0.05) is 30.3 Å². The lowest BCUT2D eigenvalue weighted by Gasteiger charge is -2.20. The summed E-state index contributed by atoms with van der Waals surface area (Å²) < 4.78 is 13.8. The molecule has 2 aromatic rings. The Bertz CT molecular complexity index is 821. The Kier molecular flexibility index (Phi) is 3.27. The predicted octanol–water partition coefficient (Wildman–Crippen LogP) is 3.73. The van der Waals surface area contributed by atoms with Crippen LogP contribution in [0.2, 0.25) is 0 Å². The first kappa shape index (κ1) is 14.5. The van der Waals surface area contributed by atoms with Crippen molar-refractivity contribution in [3.05, 3.63) is 65.5 Å². The molecule has 1 spiro atoms. The minimum atomic E-state index is -1.00. The molecule has 0 saturated heterocycles. The van der Waals surface area contributed by atoms with Crippen LogP contribution in [0.25, 0.3) is 0 Å². The largest absolute Gasteiger partial charge is 0.304 e. The van der Waals surface area contributed by atoms with Gasteiger partial charge in [0, 0.05) is 17.0 Å². The Morgan fingerprint density at radius 3 is 2.74 bits per heavy atom. The molecule has 1 amide bonds. The highest BCUT2D eigenvalue weighted by Gasteiger charge is 2.53. The Morgan fingerprint density at radius 1 is 1.26 bits per heavy atom. The molecule has 0 radical (unpaired) electrons. The number of amides is 1. The molecule has 1 unspecified atom stereocenters. The molecule has 0 aliphatic carbocycles. The fourth-order valence-electron chi connectivity index (χ4n) is 3.14. The van der Waals surface area contributed by atoms with E-state index >= 15 is 0 Å². The predicted molar refractivity (Wildman–Crippen MR) is 91.3 cm³/mol. The summed E-state index contributed by atoms with van der Waals surface area (Å²) in [6, 6.07) is 14.3. The molecule has 3 nitrogen and oxygen atoms in total. The number of carbonyl (C=O) groups is 1. The second-order valence-corrected chi connectivity index (χ2v) is 6.99. The second-order valence-electron chi connectivity index (χ2n) is 5.82. The first-order valence-electron chi connectivity index (χ1n) is 7.45. The molecule has 0 saturated carbocycles. The number of benzene rings is 2. The number of thioether (sulfide) groups is 1. The maximum atomic E-state index is 13.8. The fraction of sp³-hybridized carbons (Fsp3) is 0.222. The van der Waals surface area contributed by atoms with Crippen LogP contribution in [0.15, 0.2) is 53.5 Å². The van der Waals surface area contributed by atoms with Gasteiger partial charge >= 0.3 is 0 Å². The van der Waals surface area contributed by atoms with Gasteiger partial charge in [-0.2, -0.15) is 0 Å². The normalized spacial score (nSPS) is 22.6. The monoisotopic (exact) mass is 326 g/mol. The van der Waals surface area contributed by atoms with Gasteiger partial charge in [-0.05, 0) is 30.7 Å². The number of hydrogen-bond acceptors (Lipinski definition) is 3. The smallest absolute Gasteiger partial charge is 0.270 e. The van der Waals surface area contributed by atoms with Crippen molar-refractivity contribution in [3.63, 3.8) is 0 Å². The number of rotatable bonds is 2. The van der Waals surface area contributed by atoms with Crippen LogP contribution in [0, 0.1) is 5.82 Å². The molecular weight excluding hydrogens is 311 g/mol. The number of carbonyl (C=O) groups excluding carboxylic acids is 1. The van der Waals surface area contributed by atoms with Gasteiger partial charge in [-0.25, -0.2) is 4.39 Å². The van der Waals surface area contributed by atoms with Gasteiger partial charge in [0.25, 0.3) is 5.91 Å². The molecule has 2 aliphatic heterocycles. The third-order valence-corrected chi connectivity index (χ3v) is 5.64. The number of aliphatic imine (C=N–C) groups is 1. The summed E-state index contributed by atoms with van der Waals surface area (Å²) in [6.07, 6.45) is 0. The first-order valence-corrected chi connectivity index (χ1v) is 8.44. The van der Waals surface area contributed by atoms with Crippen LogP contribution < -0.4 is 4.90 Å². The molecule has 4 rings (SSSR count). The average Bonchev–Trinajstić information content (AvgIpc) is 3.04. The van der Waals surface area contributed by atoms with Crippen molar-refractivity contribution in [1.29, 1.82) is 0 Å². The minimum absolute atomic E-state index is 0.0798. The summed E-state index contributed by atoms with van der Waals surface area (Å²) >= 11 is 1.47. The molecule has 23 heavy (non-hydrogen) atoms. The molecule has 0 N–H and O–H groups in total. The van der Waals surface area contributed by atoms with Crippen molar-refractivity contribution < 1.29 is 9.18 Å². The summed E-state index contributed by atoms with van der Waals surface area (Å²) in [5.41, 5.74) is 3.38. The van der Waals surface area contributed by atoms with Gasteiger partial charge in [0.05, 0.1) is 12.2 Å². The lowest BCUT2D eigenvalue weighted by atomic mass is 10.1. The summed E-state index contributed by atoms with van der Waals surface area (Å²) in [7, 11) is 0. The van der Waals surface area contributed by atoms with E-state index in [1.165, 1.54) is 23.9 Å². The zero-order chi connectivity index (χ0) is 16.0. The molecular formula is C18H15FN2OS. The Morgan fingerprint density at radius 2 is 2.04 bits per heavy atom. The van der Waals surface area contributed by atoms with Crippen molar-refractivity contribution in [2.45, 2.75) is 18.3 Å². The van der Waals surface area contributed by atoms with Crippen molar-refractivity contribution in [3.8, 4) is 0 Å². The lowest BCUT2D eigenvalue weighted by molar-refractivity contribution is -0.120. The van der Waals surface area contributed by atoms with E-state index in [0.717, 1.165) is 17.0 Å². The van der Waals surface area contributed by atoms with Crippen molar-refractivity contribution in [2.24, 2.45) is 4.99 Å². The van der Waals surface area contributed by atoms with E-state index < -0.39 is 4.87 Å². The number of fused-ring (bicyclic) bond motifs is 2. The molecule has 2 aromatic carbocycles. The molecule has 5 heteroatoms. The Hall–Kier alpha value is -2.14.